The highest BCUT2D eigenvalue weighted by Crippen LogP contribution is 2.47. The van der Waals surface area contributed by atoms with Crippen molar-refractivity contribution in [2.24, 2.45) is 0 Å². The number of hydrogen-bond acceptors (Lipinski definition) is 3. The van der Waals surface area contributed by atoms with E-state index < -0.39 is 0 Å². The first-order valence-corrected chi connectivity index (χ1v) is 17.4. The van der Waals surface area contributed by atoms with Crippen LogP contribution < -0.4 is 0 Å². The van der Waals surface area contributed by atoms with Crippen LogP contribution in [0, 0.1) is 0 Å². The van der Waals surface area contributed by atoms with Crippen molar-refractivity contribution in [3.05, 3.63) is 151 Å². The quantitative estimate of drug-likeness (QED) is 0.179. The van der Waals surface area contributed by atoms with Crippen molar-refractivity contribution in [2.45, 2.75) is 6.92 Å². The SMILES string of the molecule is C=Cc1c(/C=C\C)n(-c2nc(-c3ccccc3)c3c(ccc4ccccc43)n2)c2c3ccccc3c3c(ccc4c5ccccc5sc43)c12. The molecule has 3 nitrogen and oxygen atoms in total. The molecule has 0 saturated carbocycles. The molecule has 230 valence electrons. The molecule has 0 aliphatic rings. The van der Waals surface area contributed by atoms with E-state index >= 15 is 0 Å². The van der Waals surface area contributed by atoms with Crippen molar-refractivity contribution in [2.75, 3.05) is 0 Å². The first-order chi connectivity index (χ1) is 24.2. The van der Waals surface area contributed by atoms with Crippen molar-refractivity contribution >= 4 is 97.8 Å². The van der Waals surface area contributed by atoms with Gasteiger partial charge in [-0.1, -0.05) is 134 Å². The largest absolute Gasteiger partial charge is 0.277 e. The number of allylic oxidation sites excluding steroid dienone is 1. The normalized spacial score (nSPS) is 12.2. The third-order valence-electron chi connectivity index (χ3n) is 9.87. The van der Waals surface area contributed by atoms with Gasteiger partial charge in [0.1, 0.15) is 0 Å². The second kappa shape index (κ2) is 10.7. The van der Waals surface area contributed by atoms with E-state index in [1.165, 1.54) is 47.1 Å². The fourth-order valence-electron chi connectivity index (χ4n) is 7.84. The molecule has 0 N–H and O–H groups in total. The van der Waals surface area contributed by atoms with E-state index in [1.54, 1.807) is 0 Å². The second-order valence-electron chi connectivity index (χ2n) is 12.5. The van der Waals surface area contributed by atoms with Crippen molar-refractivity contribution in [1.82, 2.24) is 14.5 Å². The lowest BCUT2D eigenvalue weighted by molar-refractivity contribution is 0.976. The smallest absolute Gasteiger partial charge is 0.235 e. The van der Waals surface area contributed by atoms with Gasteiger partial charge in [0.15, 0.2) is 0 Å². The first kappa shape index (κ1) is 28.0. The molecule has 0 fully saturated rings. The summed E-state index contributed by atoms with van der Waals surface area (Å²) in [4.78, 5) is 10.9. The fraction of sp³-hybridized carbons (Fsp3) is 0.0222. The predicted molar refractivity (Wildman–Crippen MR) is 212 cm³/mol. The van der Waals surface area contributed by atoms with E-state index in [1.807, 2.05) is 17.4 Å². The van der Waals surface area contributed by atoms with Gasteiger partial charge in [-0.25, -0.2) is 9.97 Å². The Morgan fingerprint density at radius 1 is 0.612 bits per heavy atom. The van der Waals surface area contributed by atoms with E-state index in [9.17, 15) is 0 Å². The van der Waals surface area contributed by atoms with Gasteiger partial charge in [-0.15, -0.1) is 11.3 Å². The van der Waals surface area contributed by atoms with Gasteiger partial charge >= 0.3 is 0 Å². The van der Waals surface area contributed by atoms with Crippen LogP contribution in [-0.2, 0) is 0 Å². The molecule has 3 heterocycles. The van der Waals surface area contributed by atoms with Crippen LogP contribution in [0.1, 0.15) is 18.2 Å². The Morgan fingerprint density at radius 3 is 2.14 bits per heavy atom. The van der Waals surface area contributed by atoms with Crippen molar-refractivity contribution in [1.29, 1.82) is 0 Å². The third kappa shape index (κ3) is 3.95. The molecule has 0 radical (unpaired) electrons. The maximum atomic E-state index is 5.48. The van der Waals surface area contributed by atoms with E-state index in [0.29, 0.717) is 5.95 Å². The summed E-state index contributed by atoms with van der Waals surface area (Å²) in [6, 6.07) is 45.4. The van der Waals surface area contributed by atoms with E-state index in [2.05, 4.69) is 158 Å². The molecule has 10 rings (SSSR count). The van der Waals surface area contributed by atoms with E-state index in [0.717, 1.165) is 49.7 Å². The Bertz CT molecular complexity index is 3020. The summed E-state index contributed by atoms with van der Waals surface area (Å²) < 4.78 is 4.88. The molecular weight excluding hydrogens is 615 g/mol. The molecule has 49 heavy (non-hydrogen) atoms. The average Bonchev–Trinajstić information content (AvgIpc) is 3.70. The number of rotatable bonds is 4. The lowest BCUT2D eigenvalue weighted by Gasteiger charge is -2.15. The first-order valence-electron chi connectivity index (χ1n) is 16.6. The molecule has 0 aliphatic heterocycles. The van der Waals surface area contributed by atoms with E-state index in [4.69, 9.17) is 9.97 Å². The summed E-state index contributed by atoms with van der Waals surface area (Å²) in [5.74, 6) is 0.639. The van der Waals surface area contributed by atoms with Gasteiger partial charge in [-0.2, -0.15) is 0 Å². The standard InChI is InChI=1S/C45H29N3S/c1-3-14-37-29(4-2)39-35-25-24-34-31-19-12-13-22-38(31)49-44(34)40(35)32-20-10-11-21-33(32)43(39)48(37)45-46-36-26-23-27-15-8-9-18-30(27)41(36)42(47-45)28-16-6-5-7-17-28/h3-26H,2H2,1H3/b14-3-. The Labute approximate surface area is 286 Å². The van der Waals surface area contributed by atoms with Crippen LogP contribution in [0.5, 0.6) is 0 Å². The van der Waals surface area contributed by atoms with Gasteiger partial charge in [0, 0.05) is 52.8 Å². The summed E-state index contributed by atoms with van der Waals surface area (Å²) in [5.41, 5.74) is 6.07. The topological polar surface area (TPSA) is 30.7 Å². The number of benzene rings is 7. The lowest BCUT2D eigenvalue weighted by atomic mass is 9.94. The number of thiophene rings is 1. The Balaban J connectivity index is 1.42. The highest BCUT2D eigenvalue weighted by molar-refractivity contribution is 7.26. The van der Waals surface area contributed by atoms with Crippen LogP contribution in [-0.4, -0.2) is 14.5 Å². The maximum Gasteiger partial charge on any atom is 0.235 e. The molecule has 0 saturated heterocycles. The molecule has 0 amide bonds. The zero-order valence-electron chi connectivity index (χ0n) is 26.8. The van der Waals surface area contributed by atoms with Gasteiger partial charge in [-0.05, 0) is 46.7 Å². The minimum Gasteiger partial charge on any atom is -0.277 e. The summed E-state index contributed by atoms with van der Waals surface area (Å²) >= 11 is 1.88. The van der Waals surface area contributed by atoms with Crippen molar-refractivity contribution < 1.29 is 0 Å². The minimum absolute atomic E-state index is 0.639. The third-order valence-corrected chi connectivity index (χ3v) is 11.1. The molecular formula is C45H29N3S. The molecule has 0 aliphatic carbocycles. The number of aromatic nitrogens is 3. The molecule has 0 unspecified atom stereocenters. The summed E-state index contributed by atoms with van der Waals surface area (Å²) in [6.07, 6.45) is 6.27. The number of fused-ring (bicyclic) bond motifs is 13. The van der Waals surface area contributed by atoms with E-state index in [-0.39, 0.29) is 0 Å². The highest BCUT2D eigenvalue weighted by Gasteiger charge is 2.25. The molecule has 7 aromatic carbocycles. The fourth-order valence-corrected chi connectivity index (χ4v) is 9.10. The van der Waals surface area contributed by atoms with Gasteiger partial charge in [0.25, 0.3) is 0 Å². The highest BCUT2D eigenvalue weighted by atomic mass is 32.1. The van der Waals surface area contributed by atoms with Crippen LogP contribution in [0.2, 0.25) is 0 Å². The maximum absolute atomic E-state index is 5.48. The predicted octanol–water partition coefficient (Wildman–Crippen LogP) is 12.7. The molecule has 10 aromatic rings. The average molecular weight is 644 g/mol. The Kier molecular flexibility index (Phi) is 6.11. The molecule has 3 aromatic heterocycles. The van der Waals surface area contributed by atoms with Crippen LogP contribution in [0.15, 0.2) is 140 Å². The molecule has 4 heteroatoms. The monoisotopic (exact) mass is 643 g/mol. The molecule has 0 bridgehead atoms. The van der Waals surface area contributed by atoms with Gasteiger partial charge < -0.3 is 0 Å². The lowest BCUT2D eigenvalue weighted by Crippen LogP contribution is -2.06. The minimum atomic E-state index is 0.639. The summed E-state index contributed by atoms with van der Waals surface area (Å²) in [5, 5.41) is 12.0. The van der Waals surface area contributed by atoms with Crippen LogP contribution in [0.4, 0.5) is 0 Å². The van der Waals surface area contributed by atoms with Crippen LogP contribution in [0.25, 0.3) is 104 Å². The molecule has 0 atom stereocenters. The number of hydrogen-bond donors (Lipinski definition) is 0. The van der Waals surface area contributed by atoms with Gasteiger partial charge in [0.2, 0.25) is 5.95 Å². The summed E-state index contributed by atoms with van der Waals surface area (Å²) in [6.45, 7) is 6.44. The van der Waals surface area contributed by atoms with Crippen LogP contribution >= 0.6 is 11.3 Å². The summed E-state index contributed by atoms with van der Waals surface area (Å²) in [7, 11) is 0. The number of nitrogens with zero attached hydrogens (tertiary/aromatic N) is 3. The zero-order valence-corrected chi connectivity index (χ0v) is 27.6. The van der Waals surface area contributed by atoms with Crippen LogP contribution in [0.3, 0.4) is 0 Å². The van der Waals surface area contributed by atoms with Crippen molar-refractivity contribution in [3.63, 3.8) is 0 Å². The Hall–Kier alpha value is -6.10. The zero-order chi connectivity index (χ0) is 32.6. The Morgan fingerprint density at radius 2 is 1.33 bits per heavy atom. The molecule has 0 spiro atoms. The van der Waals surface area contributed by atoms with Gasteiger partial charge in [0.05, 0.1) is 22.4 Å². The second-order valence-corrected chi connectivity index (χ2v) is 13.5. The van der Waals surface area contributed by atoms with Crippen molar-refractivity contribution in [3.8, 4) is 17.2 Å². The van der Waals surface area contributed by atoms with Gasteiger partial charge in [-0.3, -0.25) is 4.57 Å².